The lowest BCUT2D eigenvalue weighted by Gasteiger charge is -2.27. The van der Waals surface area contributed by atoms with Gasteiger partial charge in [0.25, 0.3) is 0 Å². The third-order valence-corrected chi connectivity index (χ3v) is 5.17. The molecule has 0 radical (unpaired) electrons. The van der Waals surface area contributed by atoms with E-state index in [4.69, 9.17) is 5.73 Å². The van der Waals surface area contributed by atoms with E-state index in [1.807, 2.05) is 0 Å². The minimum absolute atomic E-state index is 0.233. The summed E-state index contributed by atoms with van der Waals surface area (Å²) in [7, 11) is 0. The SMILES string of the molecule is Cc1cc(C)c(C)c(C(N)C2CCCCCC2)c1C. The third kappa shape index (κ3) is 3.02. The van der Waals surface area contributed by atoms with Gasteiger partial charge in [-0.25, -0.2) is 0 Å². The van der Waals surface area contributed by atoms with E-state index in [-0.39, 0.29) is 6.04 Å². The molecule has 1 aromatic carbocycles. The highest BCUT2D eigenvalue weighted by Gasteiger charge is 2.24. The van der Waals surface area contributed by atoms with Crippen molar-refractivity contribution in [1.82, 2.24) is 0 Å². The predicted molar refractivity (Wildman–Crippen MR) is 83.5 cm³/mol. The Balaban J connectivity index is 2.34. The number of hydrogen-bond acceptors (Lipinski definition) is 1. The molecular weight excluding hydrogens is 230 g/mol. The lowest BCUT2D eigenvalue weighted by molar-refractivity contribution is 0.380. The second-order valence-electron chi connectivity index (χ2n) is 6.45. The second kappa shape index (κ2) is 6.09. The van der Waals surface area contributed by atoms with Crippen molar-refractivity contribution in [3.8, 4) is 0 Å². The number of aryl methyl sites for hydroxylation is 2. The minimum atomic E-state index is 0.233. The molecule has 1 atom stereocenters. The summed E-state index contributed by atoms with van der Waals surface area (Å²) < 4.78 is 0. The maximum Gasteiger partial charge on any atom is 0.0328 e. The van der Waals surface area contributed by atoms with Gasteiger partial charge < -0.3 is 5.73 Å². The Morgan fingerprint density at radius 1 is 0.895 bits per heavy atom. The van der Waals surface area contributed by atoms with Crippen LogP contribution in [-0.2, 0) is 0 Å². The smallest absolute Gasteiger partial charge is 0.0328 e. The van der Waals surface area contributed by atoms with Crippen LogP contribution in [0.4, 0.5) is 0 Å². The third-order valence-electron chi connectivity index (χ3n) is 5.17. The van der Waals surface area contributed by atoms with Crippen LogP contribution in [0, 0.1) is 33.6 Å². The number of rotatable bonds is 2. The molecule has 0 bridgehead atoms. The van der Waals surface area contributed by atoms with Gasteiger partial charge in [0, 0.05) is 6.04 Å². The fourth-order valence-electron chi connectivity index (χ4n) is 3.65. The van der Waals surface area contributed by atoms with E-state index in [1.165, 1.54) is 66.3 Å². The normalized spacial score (nSPS) is 19.2. The summed E-state index contributed by atoms with van der Waals surface area (Å²) in [5.74, 6) is 0.682. The predicted octanol–water partition coefficient (Wildman–Crippen LogP) is 4.89. The quantitative estimate of drug-likeness (QED) is 0.752. The first-order valence-electron chi connectivity index (χ1n) is 7.85. The van der Waals surface area contributed by atoms with Crippen molar-refractivity contribution in [2.45, 2.75) is 72.3 Å². The van der Waals surface area contributed by atoms with E-state index in [2.05, 4.69) is 33.8 Å². The van der Waals surface area contributed by atoms with Gasteiger partial charge in [0.2, 0.25) is 0 Å². The molecule has 2 rings (SSSR count). The topological polar surface area (TPSA) is 26.0 Å². The van der Waals surface area contributed by atoms with E-state index in [1.54, 1.807) is 0 Å². The van der Waals surface area contributed by atoms with Gasteiger partial charge in [-0.05, 0) is 74.3 Å². The van der Waals surface area contributed by atoms with Crippen LogP contribution in [-0.4, -0.2) is 0 Å². The highest BCUT2D eigenvalue weighted by atomic mass is 14.7. The summed E-state index contributed by atoms with van der Waals surface area (Å²) in [6, 6.07) is 2.53. The largest absolute Gasteiger partial charge is 0.324 e. The molecule has 2 N–H and O–H groups in total. The molecule has 1 aliphatic rings. The zero-order valence-corrected chi connectivity index (χ0v) is 13.1. The van der Waals surface area contributed by atoms with Crippen molar-refractivity contribution < 1.29 is 0 Å². The Labute approximate surface area is 118 Å². The van der Waals surface area contributed by atoms with Crippen molar-refractivity contribution in [3.05, 3.63) is 33.9 Å². The van der Waals surface area contributed by atoms with Gasteiger partial charge in [0.15, 0.2) is 0 Å². The lowest BCUT2D eigenvalue weighted by Crippen LogP contribution is -2.23. The molecule has 106 valence electrons. The van der Waals surface area contributed by atoms with Crippen molar-refractivity contribution in [2.75, 3.05) is 0 Å². The van der Waals surface area contributed by atoms with Gasteiger partial charge in [0.05, 0.1) is 0 Å². The summed E-state index contributed by atoms with van der Waals surface area (Å²) in [5.41, 5.74) is 13.7. The summed E-state index contributed by atoms with van der Waals surface area (Å²) in [5, 5.41) is 0. The Kier molecular flexibility index (Phi) is 4.67. The van der Waals surface area contributed by atoms with E-state index in [9.17, 15) is 0 Å². The van der Waals surface area contributed by atoms with Crippen molar-refractivity contribution in [3.63, 3.8) is 0 Å². The molecule has 19 heavy (non-hydrogen) atoms. The minimum Gasteiger partial charge on any atom is -0.324 e. The summed E-state index contributed by atoms with van der Waals surface area (Å²) in [4.78, 5) is 0. The maximum absolute atomic E-state index is 6.68. The first kappa shape index (κ1) is 14.6. The highest BCUT2D eigenvalue weighted by Crippen LogP contribution is 2.36. The van der Waals surface area contributed by atoms with Gasteiger partial charge in [-0.2, -0.15) is 0 Å². The average Bonchev–Trinajstić information content (AvgIpc) is 2.65. The monoisotopic (exact) mass is 259 g/mol. The van der Waals surface area contributed by atoms with E-state index >= 15 is 0 Å². The van der Waals surface area contributed by atoms with Crippen LogP contribution in [0.3, 0.4) is 0 Å². The molecule has 0 saturated heterocycles. The van der Waals surface area contributed by atoms with Gasteiger partial charge in [0.1, 0.15) is 0 Å². The Hall–Kier alpha value is -0.820. The van der Waals surface area contributed by atoms with Crippen molar-refractivity contribution in [2.24, 2.45) is 11.7 Å². The molecular formula is C18H29N. The number of hydrogen-bond donors (Lipinski definition) is 1. The van der Waals surface area contributed by atoms with Crippen molar-refractivity contribution >= 4 is 0 Å². The Morgan fingerprint density at radius 3 is 1.84 bits per heavy atom. The zero-order valence-electron chi connectivity index (χ0n) is 13.1. The average molecular weight is 259 g/mol. The highest BCUT2D eigenvalue weighted by molar-refractivity contribution is 5.45. The van der Waals surface area contributed by atoms with Crippen LogP contribution in [0.25, 0.3) is 0 Å². The van der Waals surface area contributed by atoms with Gasteiger partial charge >= 0.3 is 0 Å². The zero-order chi connectivity index (χ0) is 14.0. The molecule has 1 unspecified atom stereocenters. The molecule has 1 nitrogen and oxygen atoms in total. The Morgan fingerprint density at radius 2 is 1.37 bits per heavy atom. The summed E-state index contributed by atoms with van der Waals surface area (Å²) >= 11 is 0. The number of nitrogens with two attached hydrogens (primary N) is 1. The van der Waals surface area contributed by atoms with Gasteiger partial charge in [-0.15, -0.1) is 0 Å². The molecule has 0 spiro atoms. The maximum atomic E-state index is 6.68. The van der Waals surface area contributed by atoms with Crippen molar-refractivity contribution in [1.29, 1.82) is 0 Å². The van der Waals surface area contributed by atoms with Crippen LogP contribution in [0.1, 0.15) is 72.4 Å². The van der Waals surface area contributed by atoms with E-state index in [0.717, 1.165) is 0 Å². The van der Waals surface area contributed by atoms with E-state index in [0.29, 0.717) is 5.92 Å². The van der Waals surface area contributed by atoms with E-state index < -0.39 is 0 Å². The van der Waals surface area contributed by atoms with Gasteiger partial charge in [-0.1, -0.05) is 31.7 Å². The van der Waals surface area contributed by atoms with Crippen LogP contribution < -0.4 is 5.73 Å². The fourth-order valence-corrected chi connectivity index (χ4v) is 3.65. The molecule has 1 heteroatoms. The molecule has 1 aliphatic carbocycles. The van der Waals surface area contributed by atoms with Crippen LogP contribution in [0.15, 0.2) is 6.07 Å². The summed E-state index contributed by atoms with van der Waals surface area (Å²) in [6.07, 6.45) is 8.14. The van der Waals surface area contributed by atoms with Gasteiger partial charge in [-0.3, -0.25) is 0 Å². The molecule has 1 saturated carbocycles. The standard InChI is InChI=1S/C18H29N/c1-12-11-13(2)15(4)17(14(12)3)18(19)16-9-7-5-6-8-10-16/h11,16,18H,5-10,19H2,1-4H3. The second-order valence-corrected chi connectivity index (χ2v) is 6.45. The molecule has 1 fully saturated rings. The van der Waals surface area contributed by atoms with Crippen LogP contribution in [0.5, 0.6) is 0 Å². The fraction of sp³-hybridized carbons (Fsp3) is 0.667. The number of benzene rings is 1. The molecule has 0 aromatic heterocycles. The summed E-state index contributed by atoms with van der Waals surface area (Å²) in [6.45, 7) is 8.91. The molecule has 1 aromatic rings. The van der Waals surface area contributed by atoms with Crippen LogP contribution in [0.2, 0.25) is 0 Å². The lowest BCUT2D eigenvalue weighted by atomic mass is 9.81. The molecule has 0 amide bonds. The Bertz CT molecular complexity index is 413. The first-order chi connectivity index (χ1) is 9.02. The van der Waals surface area contributed by atoms with Crippen LogP contribution >= 0.6 is 0 Å². The molecule has 0 heterocycles. The molecule has 0 aliphatic heterocycles. The first-order valence-corrected chi connectivity index (χ1v) is 7.85.